The average Bonchev–Trinajstić information content (AvgIpc) is 3.20. The van der Waals surface area contributed by atoms with Crippen molar-refractivity contribution in [2.75, 3.05) is 59.1 Å². The van der Waals surface area contributed by atoms with Crippen molar-refractivity contribution in [3.05, 3.63) is 24.2 Å². The van der Waals surface area contributed by atoms with E-state index in [0.29, 0.717) is 45.2 Å². The summed E-state index contributed by atoms with van der Waals surface area (Å²) in [4.78, 5) is 21.0. The highest BCUT2D eigenvalue weighted by Crippen LogP contribution is 2.10. The number of halogens is 1. The van der Waals surface area contributed by atoms with Crippen LogP contribution in [0, 0.1) is 0 Å². The molecule has 2 aliphatic rings. The maximum Gasteiger partial charge on any atom is 0.289 e. The first-order chi connectivity index (χ1) is 12.3. The van der Waals surface area contributed by atoms with Crippen LogP contribution in [-0.4, -0.2) is 86.9 Å². The van der Waals surface area contributed by atoms with Crippen molar-refractivity contribution in [3.63, 3.8) is 0 Å². The number of nitrogens with one attached hydrogen (secondary N) is 1. The van der Waals surface area contributed by atoms with Gasteiger partial charge in [-0.25, -0.2) is 0 Å². The normalized spacial score (nSPS) is 21.3. The minimum absolute atomic E-state index is 0. The Morgan fingerprint density at radius 2 is 2.04 bits per heavy atom. The predicted octanol–water partition coefficient (Wildman–Crippen LogP) is 1.04. The van der Waals surface area contributed by atoms with Gasteiger partial charge in [0.1, 0.15) is 6.10 Å². The number of nitrogens with zero attached hydrogens (tertiary/aromatic N) is 3. The molecule has 0 aliphatic carbocycles. The minimum atomic E-state index is -0.0562. The van der Waals surface area contributed by atoms with Crippen LogP contribution in [0.1, 0.15) is 17.5 Å². The molecule has 8 nitrogen and oxygen atoms in total. The van der Waals surface area contributed by atoms with Gasteiger partial charge in [-0.1, -0.05) is 0 Å². The van der Waals surface area contributed by atoms with Gasteiger partial charge in [0.2, 0.25) is 0 Å². The Bertz CT molecular complexity index is 567. The third-order valence-corrected chi connectivity index (χ3v) is 4.26. The second-order valence-electron chi connectivity index (χ2n) is 6.02. The highest BCUT2D eigenvalue weighted by atomic mass is 127. The quantitative estimate of drug-likeness (QED) is 0.396. The van der Waals surface area contributed by atoms with Crippen molar-refractivity contribution in [2.24, 2.45) is 4.99 Å². The fourth-order valence-electron chi connectivity index (χ4n) is 2.93. The van der Waals surface area contributed by atoms with E-state index in [-0.39, 0.29) is 36.0 Å². The van der Waals surface area contributed by atoms with E-state index in [2.05, 4.69) is 15.2 Å². The molecule has 1 unspecified atom stereocenters. The summed E-state index contributed by atoms with van der Waals surface area (Å²) in [5.41, 5.74) is 0. The molecule has 0 aromatic carbocycles. The van der Waals surface area contributed by atoms with E-state index in [1.165, 1.54) is 6.26 Å². The summed E-state index contributed by atoms with van der Waals surface area (Å²) in [6.45, 7) is 8.07. The van der Waals surface area contributed by atoms with E-state index in [9.17, 15) is 4.79 Å². The lowest BCUT2D eigenvalue weighted by atomic mass is 10.3. The molecule has 1 atom stereocenters. The Kier molecular flexibility index (Phi) is 8.66. The SMILES string of the molecule is CCNC(=NCC1COCCO1)N1CCN(C(=O)c2ccco2)CC1.I. The first-order valence-electron chi connectivity index (χ1n) is 8.83. The van der Waals surface area contributed by atoms with Crippen LogP contribution in [0.15, 0.2) is 27.8 Å². The summed E-state index contributed by atoms with van der Waals surface area (Å²) in [6.07, 6.45) is 1.54. The van der Waals surface area contributed by atoms with E-state index < -0.39 is 0 Å². The van der Waals surface area contributed by atoms with Crippen molar-refractivity contribution in [1.82, 2.24) is 15.1 Å². The van der Waals surface area contributed by atoms with Crippen LogP contribution in [0.5, 0.6) is 0 Å². The van der Waals surface area contributed by atoms with Crippen LogP contribution in [0.2, 0.25) is 0 Å². The van der Waals surface area contributed by atoms with E-state index in [1.54, 1.807) is 12.1 Å². The van der Waals surface area contributed by atoms with Gasteiger partial charge in [0.25, 0.3) is 5.91 Å². The number of carbonyl (C=O) groups excluding carboxylic acids is 1. The maximum absolute atomic E-state index is 12.3. The summed E-state index contributed by atoms with van der Waals surface area (Å²) >= 11 is 0. The Hall–Kier alpha value is -1.33. The zero-order valence-electron chi connectivity index (χ0n) is 15.1. The Morgan fingerprint density at radius 1 is 1.27 bits per heavy atom. The molecule has 0 bridgehead atoms. The van der Waals surface area contributed by atoms with Gasteiger partial charge in [-0.15, -0.1) is 24.0 Å². The fraction of sp³-hybridized carbons (Fsp3) is 0.647. The van der Waals surface area contributed by atoms with Crippen molar-refractivity contribution < 1.29 is 18.7 Å². The minimum Gasteiger partial charge on any atom is -0.459 e. The zero-order chi connectivity index (χ0) is 17.5. The first kappa shape index (κ1) is 21.0. The zero-order valence-corrected chi connectivity index (χ0v) is 17.4. The number of amides is 1. The Labute approximate surface area is 170 Å². The Morgan fingerprint density at radius 3 is 2.65 bits per heavy atom. The second-order valence-corrected chi connectivity index (χ2v) is 6.02. The van der Waals surface area contributed by atoms with Gasteiger partial charge >= 0.3 is 0 Å². The molecule has 0 saturated carbocycles. The molecule has 2 saturated heterocycles. The van der Waals surface area contributed by atoms with Crippen LogP contribution in [0.3, 0.4) is 0 Å². The van der Waals surface area contributed by atoms with E-state index in [1.807, 2.05) is 11.8 Å². The molecule has 1 aromatic heterocycles. The monoisotopic (exact) mass is 478 g/mol. The summed E-state index contributed by atoms with van der Waals surface area (Å²) < 4.78 is 16.3. The van der Waals surface area contributed by atoms with Gasteiger partial charge in [-0.2, -0.15) is 0 Å². The van der Waals surface area contributed by atoms with E-state index in [4.69, 9.17) is 13.9 Å². The lowest BCUT2D eigenvalue weighted by molar-refractivity contribution is -0.0833. The highest BCUT2D eigenvalue weighted by molar-refractivity contribution is 14.0. The molecule has 0 radical (unpaired) electrons. The number of hydrogen-bond acceptors (Lipinski definition) is 5. The summed E-state index contributed by atoms with van der Waals surface area (Å²) in [5, 5.41) is 3.32. The summed E-state index contributed by atoms with van der Waals surface area (Å²) in [5.74, 6) is 1.20. The van der Waals surface area contributed by atoms with Crippen LogP contribution < -0.4 is 5.32 Å². The second kappa shape index (κ2) is 10.7. The van der Waals surface area contributed by atoms with E-state index in [0.717, 1.165) is 25.6 Å². The lowest BCUT2D eigenvalue weighted by Crippen LogP contribution is -2.54. The van der Waals surface area contributed by atoms with Gasteiger partial charge < -0.3 is 29.0 Å². The molecular formula is C17H27IN4O4. The third kappa shape index (κ3) is 5.58. The largest absolute Gasteiger partial charge is 0.459 e. The molecular weight excluding hydrogens is 451 g/mol. The number of ether oxygens (including phenoxy) is 2. The number of furan rings is 1. The van der Waals surface area contributed by atoms with Gasteiger partial charge in [0, 0.05) is 32.7 Å². The topological polar surface area (TPSA) is 79.5 Å². The molecule has 26 heavy (non-hydrogen) atoms. The first-order valence-corrected chi connectivity index (χ1v) is 8.83. The van der Waals surface area contributed by atoms with Gasteiger partial charge in [-0.3, -0.25) is 9.79 Å². The number of piperazine rings is 1. The summed E-state index contributed by atoms with van der Waals surface area (Å²) in [6, 6.07) is 3.43. The number of carbonyl (C=O) groups is 1. The Balaban J connectivity index is 0.00000243. The molecule has 9 heteroatoms. The van der Waals surface area contributed by atoms with Gasteiger partial charge in [0.15, 0.2) is 11.7 Å². The molecule has 2 fully saturated rings. The smallest absolute Gasteiger partial charge is 0.289 e. The highest BCUT2D eigenvalue weighted by Gasteiger charge is 2.25. The molecule has 146 valence electrons. The predicted molar refractivity (Wildman–Crippen MR) is 108 cm³/mol. The molecule has 1 N–H and O–H groups in total. The maximum atomic E-state index is 12.3. The number of guanidine groups is 1. The van der Waals surface area contributed by atoms with Gasteiger partial charge in [-0.05, 0) is 19.1 Å². The number of hydrogen-bond donors (Lipinski definition) is 1. The number of rotatable bonds is 4. The van der Waals surface area contributed by atoms with Crippen LogP contribution in [0.4, 0.5) is 0 Å². The third-order valence-electron chi connectivity index (χ3n) is 4.26. The number of aliphatic imine (C=N–C) groups is 1. The summed E-state index contributed by atoms with van der Waals surface area (Å²) in [7, 11) is 0. The van der Waals surface area contributed by atoms with Crippen LogP contribution >= 0.6 is 24.0 Å². The standard InChI is InChI=1S/C17H26N4O4.HI/c1-2-18-17(19-12-14-13-23-10-11-24-14)21-7-5-20(6-8-21)16(22)15-4-3-9-25-15;/h3-4,9,14H,2,5-8,10-13H2,1H3,(H,18,19);1H. The van der Waals surface area contributed by atoms with Crippen LogP contribution in [0.25, 0.3) is 0 Å². The molecule has 0 spiro atoms. The van der Waals surface area contributed by atoms with E-state index >= 15 is 0 Å². The lowest BCUT2D eigenvalue weighted by Gasteiger charge is -2.36. The molecule has 1 aromatic rings. The van der Waals surface area contributed by atoms with Gasteiger partial charge in [0.05, 0.1) is 32.6 Å². The van der Waals surface area contributed by atoms with Crippen molar-refractivity contribution in [1.29, 1.82) is 0 Å². The van der Waals surface area contributed by atoms with Crippen molar-refractivity contribution >= 4 is 35.8 Å². The molecule has 2 aliphatic heterocycles. The molecule has 1 amide bonds. The molecule has 3 heterocycles. The van der Waals surface area contributed by atoms with Crippen molar-refractivity contribution in [2.45, 2.75) is 13.0 Å². The average molecular weight is 478 g/mol. The molecule has 3 rings (SSSR count). The van der Waals surface area contributed by atoms with Crippen molar-refractivity contribution in [3.8, 4) is 0 Å². The van der Waals surface area contributed by atoms with Crippen LogP contribution in [-0.2, 0) is 9.47 Å². The fourth-order valence-corrected chi connectivity index (χ4v) is 2.93.